The highest BCUT2D eigenvalue weighted by molar-refractivity contribution is 5.78. The lowest BCUT2D eigenvalue weighted by atomic mass is 9.97. The smallest absolute Gasteiger partial charge is 0.314 e. The van der Waals surface area contributed by atoms with Crippen LogP contribution in [0.5, 0.6) is 5.88 Å². The topological polar surface area (TPSA) is 72.2 Å². The zero-order valence-electron chi connectivity index (χ0n) is 9.14. The summed E-state index contributed by atoms with van der Waals surface area (Å²) >= 11 is 0. The Balaban J connectivity index is 3.01. The second-order valence-electron chi connectivity index (χ2n) is 3.07. The van der Waals surface area contributed by atoms with E-state index in [4.69, 9.17) is 10.00 Å². The van der Waals surface area contributed by atoms with Crippen LogP contribution < -0.4 is 4.74 Å². The van der Waals surface area contributed by atoms with Gasteiger partial charge in [-0.1, -0.05) is 0 Å². The van der Waals surface area contributed by atoms with E-state index in [0.29, 0.717) is 11.4 Å². The van der Waals surface area contributed by atoms with E-state index in [0.717, 1.165) is 0 Å². The van der Waals surface area contributed by atoms with Gasteiger partial charge in [-0.25, -0.2) is 4.98 Å². The maximum absolute atomic E-state index is 11.5. The van der Waals surface area contributed by atoms with Crippen LogP contribution in [0.1, 0.15) is 17.9 Å². The van der Waals surface area contributed by atoms with Gasteiger partial charge in [0.1, 0.15) is 0 Å². The molecule has 0 bridgehead atoms. The summed E-state index contributed by atoms with van der Waals surface area (Å²) in [6, 6.07) is 5.25. The van der Waals surface area contributed by atoms with Gasteiger partial charge in [0.2, 0.25) is 5.88 Å². The molecule has 0 saturated heterocycles. The monoisotopic (exact) mass is 220 g/mol. The van der Waals surface area contributed by atoms with Crippen molar-refractivity contribution in [3.05, 3.63) is 23.9 Å². The van der Waals surface area contributed by atoms with Crippen molar-refractivity contribution in [3.8, 4) is 11.9 Å². The van der Waals surface area contributed by atoms with Crippen molar-refractivity contribution in [1.82, 2.24) is 4.98 Å². The van der Waals surface area contributed by atoms with Crippen molar-refractivity contribution in [3.63, 3.8) is 0 Å². The molecule has 5 nitrogen and oxygen atoms in total. The molecule has 5 heteroatoms. The largest absolute Gasteiger partial charge is 0.481 e. The van der Waals surface area contributed by atoms with Crippen LogP contribution in [0.25, 0.3) is 0 Å². The first kappa shape index (κ1) is 12.0. The molecule has 0 aliphatic heterocycles. The molecule has 1 aromatic heterocycles. The molecule has 0 amide bonds. The molecular weight excluding hydrogens is 208 g/mol. The predicted octanol–water partition coefficient (Wildman–Crippen LogP) is 1.26. The number of carbonyl (C=O) groups excluding carboxylic acids is 1. The summed E-state index contributed by atoms with van der Waals surface area (Å²) in [6.45, 7) is 0. The third-order valence-electron chi connectivity index (χ3n) is 2.15. The Morgan fingerprint density at radius 3 is 2.94 bits per heavy atom. The quantitative estimate of drug-likeness (QED) is 0.714. The fraction of sp³-hybridized carbons (Fsp3) is 0.364. The predicted molar refractivity (Wildman–Crippen MR) is 55.8 cm³/mol. The zero-order valence-corrected chi connectivity index (χ0v) is 9.14. The molecule has 0 aliphatic carbocycles. The molecule has 1 heterocycles. The molecular formula is C11H12N2O3. The average Bonchev–Trinajstić information content (AvgIpc) is 2.35. The lowest BCUT2D eigenvalue weighted by molar-refractivity contribution is -0.142. The molecule has 0 spiro atoms. The molecule has 84 valence electrons. The maximum Gasteiger partial charge on any atom is 0.314 e. The minimum Gasteiger partial charge on any atom is -0.481 e. The summed E-state index contributed by atoms with van der Waals surface area (Å²) in [7, 11) is 2.79. The highest BCUT2D eigenvalue weighted by atomic mass is 16.5. The lowest BCUT2D eigenvalue weighted by Gasteiger charge is -2.11. The number of aromatic nitrogens is 1. The Hall–Kier alpha value is -2.09. The fourth-order valence-corrected chi connectivity index (χ4v) is 1.32. The van der Waals surface area contributed by atoms with E-state index < -0.39 is 11.9 Å². The third-order valence-corrected chi connectivity index (χ3v) is 2.15. The fourth-order valence-electron chi connectivity index (χ4n) is 1.32. The van der Waals surface area contributed by atoms with Crippen LogP contribution in [0.3, 0.4) is 0 Å². The van der Waals surface area contributed by atoms with Crippen molar-refractivity contribution in [2.45, 2.75) is 12.3 Å². The Labute approximate surface area is 93.6 Å². The number of esters is 1. The van der Waals surface area contributed by atoms with Gasteiger partial charge in [0, 0.05) is 12.3 Å². The second kappa shape index (κ2) is 5.71. The SMILES string of the molecule is COC(=O)C(CC#N)c1ccnc(OC)c1. The number of hydrogen-bond donors (Lipinski definition) is 0. The van der Waals surface area contributed by atoms with Gasteiger partial charge in [0.15, 0.2) is 0 Å². The molecule has 0 N–H and O–H groups in total. The van der Waals surface area contributed by atoms with Crippen molar-refractivity contribution in [1.29, 1.82) is 5.26 Å². The van der Waals surface area contributed by atoms with Crippen LogP contribution in [0.15, 0.2) is 18.3 Å². The van der Waals surface area contributed by atoms with Gasteiger partial charge in [-0.3, -0.25) is 4.79 Å². The third kappa shape index (κ3) is 2.70. The number of rotatable bonds is 4. The van der Waals surface area contributed by atoms with E-state index in [1.165, 1.54) is 20.4 Å². The summed E-state index contributed by atoms with van der Waals surface area (Å²) in [4.78, 5) is 15.4. The van der Waals surface area contributed by atoms with E-state index in [1.807, 2.05) is 6.07 Å². The van der Waals surface area contributed by atoms with Crippen LogP contribution in [0, 0.1) is 11.3 Å². The van der Waals surface area contributed by atoms with Crippen LogP contribution >= 0.6 is 0 Å². The molecule has 0 saturated carbocycles. The van der Waals surface area contributed by atoms with E-state index >= 15 is 0 Å². The highest BCUT2D eigenvalue weighted by Gasteiger charge is 2.21. The van der Waals surface area contributed by atoms with Crippen molar-refractivity contribution in [2.75, 3.05) is 14.2 Å². The summed E-state index contributed by atoms with van der Waals surface area (Å²) in [5.74, 6) is -0.619. The number of nitriles is 1. The van der Waals surface area contributed by atoms with Gasteiger partial charge in [0.25, 0.3) is 0 Å². The number of carbonyl (C=O) groups is 1. The Morgan fingerprint density at radius 2 is 2.38 bits per heavy atom. The van der Waals surface area contributed by atoms with E-state index in [2.05, 4.69) is 9.72 Å². The number of methoxy groups -OCH3 is 2. The van der Waals surface area contributed by atoms with Crippen molar-refractivity contribution >= 4 is 5.97 Å². The zero-order chi connectivity index (χ0) is 12.0. The van der Waals surface area contributed by atoms with Gasteiger partial charge in [-0.15, -0.1) is 0 Å². The number of hydrogen-bond acceptors (Lipinski definition) is 5. The van der Waals surface area contributed by atoms with Crippen LogP contribution in [0.2, 0.25) is 0 Å². The molecule has 0 aliphatic rings. The molecule has 16 heavy (non-hydrogen) atoms. The molecule has 1 unspecified atom stereocenters. The standard InChI is InChI=1S/C11H12N2O3/c1-15-10-7-8(4-6-13-10)9(3-5-12)11(14)16-2/h4,6-7,9H,3H2,1-2H3. The molecule has 1 rings (SSSR count). The maximum atomic E-state index is 11.5. The number of ether oxygens (including phenoxy) is 2. The van der Waals surface area contributed by atoms with E-state index in [9.17, 15) is 4.79 Å². The van der Waals surface area contributed by atoms with Gasteiger partial charge < -0.3 is 9.47 Å². The number of nitrogens with zero attached hydrogens (tertiary/aromatic N) is 2. The molecule has 1 aromatic rings. The second-order valence-corrected chi connectivity index (χ2v) is 3.07. The van der Waals surface area contributed by atoms with E-state index in [1.54, 1.807) is 12.1 Å². The van der Waals surface area contributed by atoms with Crippen molar-refractivity contribution in [2.24, 2.45) is 0 Å². The molecule has 0 radical (unpaired) electrons. The Morgan fingerprint density at radius 1 is 1.62 bits per heavy atom. The van der Waals surface area contributed by atoms with Crippen LogP contribution in [0.4, 0.5) is 0 Å². The number of pyridine rings is 1. The molecule has 0 fully saturated rings. The minimum atomic E-state index is -0.591. The Kier molecular flexibility index (Phi) is 4.28. The lowest BCUT2D eigenvalue weighted by Crippen LogP contribution is -2.14. The van der Waals surface area contributed by atoms with Gasteiger partial charge in [-0.05, 0) is 11.6 Å². The summed E-state index contributed by atoms with van der Waals surface area (Å²) in [6.07, 6.45) is 1.60. The van der Waals surface area contributed by atoms with Gasteiger partial charge >= 0.3 is 5.97 Å². The van der Waals surface area contributed by atoms with Gasteiger partial charge in [-0.2, -0.15) is 5.26 Å². The van der Waals surface area contributed by atoms with Crippen LogP contribution in [-0.2, 0) is 9.53 Å². The highest BCUT2D eigenvalue weighted by Crippen LogP contribution is 2.22. The summed E-state index contributed by atoms with van der Waals surface area (Å²) in [5, 5.41) is 8.66. The molecule has 0 aromatic carbocycles. The van der Waals surface area contributed by atoms with E-state index in [-0.39, 0.29) is 6.42 Å². The average molecular weight is 220 g/mol. The minimum absolute atomic E-state index is 0.0693. The normalized spacial score (nSPS) is 11.3. The van der Waals surface area contributed by atoms with Gasteiger partial charge in [0.05, 0.1) is 32.6 Å². The van der Waals surface area contributed by atoms with Crippen molar-refractivity contribution < 1.29 is 14.3 Å². The Bertz CT molecular complexity index is 412. The van der Waals surface area contributed by atoms with Crippen LogP contribution in [-0.4, -0.2) is 25.2 Å². The molecule has 1 atom stereocenters. The first-order valence-corrected chi connectivity index (χ1v) is 4.67. The first-order valence-electron chi connectivity index (χ1n) is 4.67. The first-order chi connectivity index (χ1) is 7.72. The summed E-state index contributed by atoms with van der Waals surface area (Å²) < 4.78 is 9.59. The summed E-state index contributed by atoms with van der Waals surface area (Å²) in [5.41, 5.74) is 0.667.